The molecule has 174 valence electrons. The summed E-state index contributed by atoms with van der Waals surface area (Å²) in [5.74, 6) is 0.183. The number of aliphatic hydroxyl groups excluding tert-OH is 1. The molecule has 1 saturated heterocycles. The Labute approximate surface area is 197 Å². The number of ether oxygens (including phenoxy) is 2. The summed E-state index contributed by atoms with van der Waals surface area (Å²) >= 11 is 0. The quantitative estimate of drug-likeness (QED) is 0.329. The third kappa shape index (κ3) is 3.83. The fourth-order valence-corrected chi connectivity index (χ4v) is 4.61. The predicted molar refractivity (Wildman–Crippen MR) is 124 cm³/mol. The monoisotopic (exact) mass is 459 g/mol. The molecule has 7 heteroatoms. The molecule has 3 heterocycles. The molecule has 2 aromatic carbocycles. The molecule has 0 radical (unpaired) electrons. The van der Waals surface area contributed by atoms with Crippen LogP contribution in [0.3, 0.4) is 0 Å². The van der Waals surface area contributed by atoms with Crippen LogP contribution in [0.4, 0.5) is 0 Å². The van der Waals surface area contributed by atoms with Gasteiger partial charge in [0.1, 0.15) is 35.2 Å². The number of rotatable bonds is 6. The van der Waals surface area contributed by atoms with Gasteiger partial charge in [0.05, 0.1) is 18.4 Å². The van der Waals surface area contributed by atoms with Gasteiger partial charge in [-0.15, -0.1) is 0 Å². The highest BCUT2D eigenvalue weighted by molar-refractivity contribution is 6.46. The van der Waals surface area contributed by atoms with E-state index in [2.05, 4.69) is 0 Å². The molecular formula is C27H25NO6. The number of carbonyl (C=O) groups is 2. The van der Waals surface area contributed by atoms with Crippen molar-refractivity contribution in [2.45, 2.75) is 39.0 Å². The Morgan fingerprint density at radius 3 is 2.76 bits per heavy atom. The van der Waals surface area contributed by atoms with E-state index in [-0.39, 0.29) is 24.0 Å². The SMILES string of the molecule is CCOc1cccc(CN2C(=O)C(=O)/C(=C(\O)c3ccc4c(c3)CC(C)O4)C2c2ccco2)c1. The summed E-state index contributed by atoms with van der Waals surface area (Å²) in [6, 6.07) is 15.2. The van der Waals surface area contributed by atoms with Crippen LogP contribution in [0.2, 0.25) is 0 Å². The van der Waals surface area contributed by atoms with E-state index in [1.807, 2.05) is 44.2 Å². The van der Waals surface area contributed by atoms with Gasteiger partial charge in [-0.3, -0.25) is 9.59 Å². The third-order valence-corrected chi connectivity index (χ3v) is 6.08. The van der Waals surface area contributed by atoms with Crippen molar-refractivity contribution in [2.24, 2.45) is 0 Å². The fraction of sp³-hybridized carbons (Fsp3) is 0.259. The highest BCUT2D eigenvalue weighted by atomic mass is 16.5. The lowest BCUT2D eigenvalue weighted by atomic mass is 9.97. The first-order chi connectivity index (χ1) is 16.5. The summed E-state index contributed by atoms with van der Waals surface area (Å²) < 4.78 is 16.9. The molecule has 2 unspecified atom stereocenters. The van der Waals surface area contributed by atoms with Crippen LogP contribution < -0.4 is 9.47 Å². The molecule has 2 aliphatic heterocycles. The van der Waals surface area contributed by atoms with Crippen molar-refractivity contribution in [3.05, 3.63) is 88.9 Å². The molecule has 2 aliphatic rings. The zero-order valence-electron chi connectivity index (χ0n) is 19.0. The lowest BCUT2D eigenvalue weighted by Gasteiger charge is -2.23. The number of benzene rings is 2. The van der Waals surface area contributed by atoms with Crippen molar-refractivity contribution in [3.8, 4) is 11.5 Å². The number of likely N-dealkylation sites (tertiary alicyclic amines) is 1. The van der Waals surface area contributed by atoms with Crippen LogP contribution >= 0.6 is 0 Å². The molecule has 0 aliphatic carbocycles. The summed E-state index contributed by atoms with van der Waals surface area (Å²) in [5, 5.41) is 11.3. The maximum absolute atomic E-state index is 13.2. The van der Waals surface area contributed by atoms with E-state index in [0.29, 0.717) is 30.1 Å². The van der Waals surface area contributed by atoms with Gasteiger partial charge in [-0.2, -0.15) is 0 Å². The second kappa shape index (κ2) is 8.74. The molecular weight excluding hydrogens is 434 g/mol. The maximum Gasteiger partial charge on any atom is 0.296 e. The van der Waals surface area contributed by atoms with Gasteiger partial charge >= 0.3 is 0 Å². The van der Waals surface area contributed by atoms with E-state index in [9.17, 15) is 14.7 Å². The number of hydrogen-bond acceptors (Lipinski definition) is 6. The molecule has 1 amide bonds. The summed E-state index contributed by atoms with van der Waals surface area (Å²) in [7, 11) is 0. The van der Waals surface area contributed by atoms with Gasteiger partial charge in [-0.05, 0) is 67.4 Å². The van der Waals surface area contributed by atoms with E-state index >= 15 is 0 Å². The number of furan rings is 1. The number of nitrogens with zero attached hydrogens (tertiary/aromatic N) is 1. The molecule has 1 aromatic heterocycles. The zero-order chi connectivity index (χ0) is 23.8. The van der Waals surface area contributed by atoms with Gasteiger partial charge < -0.3 is 23.9 Å². The molecule has 34 heavy (non-hydrogen) atoms. The zero-order valence-corrected chi connectivity index (χ0v) is 19.0. The van der Waals surface area contributed by atoms with Crippen LogP contribution in [0.5, 0.6) is 11.5 Å². The highest BCUT2D eigenvalue weighted by Gasteiger charge is 2.47. The Kier molecular flexibility index (Phi) is 5.61. The Bertz CT molecular complexity index is 1280. The molecule has 0 saturated carbocycles. The van der Waals surface area contributed by atoms with Crippen molar-refractivity contribution in [2.75, 3.05) is 6.61 Å². The van der Waals surface area contributed by atoms with Crippen LogP contribution in [0.1, 0.15) is 42.3 Å². The number of hydrogen-bond donors (Lipinski definition) is 1. The molecule has 0 bridgehead atoms. The molecule has 7 nitrogen and oxygen atoms in total. The molecule has 0 spiro atoms. The lowest BCUT2D eigenvalue weighted by Crippen LogP contribution is -2.29. The van der Waals surface area contributed by atoms with Crippen molar-refractivity contribution < 1.29 is 28.6 Å². The van der Waals surface area contributed by atoms with Gasteiger partial charge in [0.25, 0.3) is 11.7 Å². The second-order valence-corrected chi connectivity index (χ2v) is 8.48. The smallest absolute Gasteiger partial charge is 0.296 e. The van der Waals surface area contributed by atoms with E-state index in [1.165, 1.54) is 11.2 Å². The minimum Gasteiger partial charge on any atom is -0.507 e. The number of amides is 1. The first kappa shape index (κ1) is 21.8. The standard InChI is InChI=1S/C27H25NO6/c1-3-32-20-7-4-6-17(13-20)15-28-24(22-8-5-11-33-22)23(26(30)27(28)31)25(29)18-9-10-21-19(14-18)12-16(2)34-21/h4-11,13-14,16,24,29H,3,12,15H2,1-2H3/b25-23-. The normalized spacial score (nSPS) is 20.9. The minimum atomic E-state index is -0.853. The second-order valence-electron chi connectivity index (χ2n) is 8.48. The van der Waals surface area contributed by atoms with Crippen LogP contribution in [-0.4, -0.2) is 34.4 Å². The number of Topliss-reactive ketones (excluding diaryl/α,β-unsaturated/α-hetero) is 1. The third-order valence-electron chi connectivity index (χ3n) is 6.08. The lowest BCUT2D eigenvalue weighted by molar-refractivity contribution is -0.140. The first-order valence-electron chi connectivity index (χ1n) is 11.3. The topological polar surface area (TPSA) is 89.2 Å². The predicted octanol–water partition coefficient (Wildman–Crippen LogP) is 4.62. The maximum atomic E-state index is 13.2. The Morgan fingerprint density at radius 1 is 1.15 bits per heavy atom. The summed E-state index contributed by atoms with van der Waals surface area (Å²) in [6.45, 7) is 4.55. The van der Waals surface area contributed by atoms with Crippen LogP contribution in [0.15, 0.2) is 70.9 Å². The van der Waals surface area contributed by atoms with Gasteiger partial charge in [0, 0.05) is 18.5 Å². The average Bonchev–Trinajstić information content (AvgIpc) is 3.53. The van der Waals surface area contributed by atoms with Crippen LogP contribution in [-0.2, 0) is 22.6 Å². The largest absolute Gasteiger partial charge is 0.507 e. The van der Waals surface area contributed by atoms with E-state index in [0.717, 1.165) is 16.9 Å². The Balaban J connectivity index is 1.56. The number of aliphatic hydroxyl groups is 1. The summed E-state index contributed by atoms with van der Waals surface area (Å²) in [4.78, 5) is 27.7. The van der Waals surface area contributed by atoms with Crippen LogP contribution in [0, 0.1) is 0 Å². The molecule has 1 fully saturated rings. The molecule has 3 aromatic rings. The van der Waals surface area contributed by atoms with Crippen molar-refractivity contribution in [1.82, 2.24) is 4.90 Å². The van der Waals surface area contributed by atoms with E-state index < -0.39 is 17.7 Å². The van der Waals surface area contributed by atoms with Gasteiger partial charge in [0.15, 0.2) is 0 Å². The highest BCUT2D eigenvalue weighted by Crippen LogP contribution is 2.41. The van der Waals surface area contributed by atoms with Crippen molar-refractivity contribution >= 4 is 17.4 Å². The van der Waals surface area contributed by atoms with Crippen molar-refractivity contribution in [3.63, 3.8) is 0 Å². The van der Waals surface area contributed by atoms with Crippen molar-refractivity contribution in [1.29, 1.82) is 0 Å². The van der Waals surface area contributed by atoms with E-state index in [1.54, 1.807) is 24.3 Å². The van der Waals surface area contributed by atoms with Crippen LogP contribution in [0.25, 0.3) is 5.76 Å². The number of carbonyl (C=O) groups excluding carboxylic acids is 2. The molecule has 2 atom stereocenters. The Hall–Kier alpha value is -4.00. The summed E-state index contributed by atoms with van der Waals surface area (Å²) in [6.07, 6.45) is 2.25. The minimum absolute atomic E-state index is 0.00725. The van der Waals surface area contributed by atoms with E-state index in [4.69, 9.17) is 13.9 Å². The van der Waals surface area contributed by atoms with Gasteiger partial charge in [-0.1, -0.05) is 12.1 Å². The first-order valence-corrected chi connectivity index (χ1v) is 11.3. The number of fused-ring (bicyclic) bond motifs is 1. The molecule has 5 rings (SSSR count). The fourth-order valence-electron chi connectivity index (χ4n) is 4.61. The van der Waals surface area contributed by atoms with Gasteiger partial charge in [0.2, 0.25) is 0 Å². The average molecular weight is 459 g/mol. The Morgan fingerprint density at radius 2 is 2.00 bits per heavy atom. The molecule has 1 N–H and O–H groups in total. The number of ketones is 1. The summed E-state index contributed by atoms with van der Waals surface area (Å²) in [5.41, 5.74) is 2.22. The van der Waals surface area contributed by atoms with Gasteiger partial charge in [-0.25, -0.2) is 0 Å².